The van der Waals surface area contributed by atoms with Crippen molar-refractivity contribution in [2.24, 2.45) is 0 Å². The van der Waals surface area contributed by atoms with Crippen molar-refractivity contribution in [1.29, 1.82) is 0 Å². The molecule has 6 heteroatoms. The number of rotatable bonds is 5. The summed E-state index contributed by atoms with van der Waals surface area (Å²) in [7, 11) is 0. The van der Waals surface area contributed by atoms with Crippen LogP contribution in [0.15, 0.2) is 36.8 Å². The number of likely N-dealkylation sites (tertiary alicyclic amines) is 1. The highest BCUT2D eigenvalue weighted by atomic mass is 16.3. The molecule has 1 aromatic carbocycles. The van der Waals surface area contributed by atoms with Crippen LogP contribution in [0.1, 0.15) is 51.0 Å². The Morgan fingerprint density at radius 2 is 1.74 bits per heavy atom. The molecule has 1 atom stereocenters. The number of hydrogen-bond acceptors (Lipinski definition) is 5. The minimum atomic E-state index is -0.883. The lowest BCUT2D eigenvalue weighted by Gasteiger charge is -2.34. The molecular weight excluding hydrogens is 386 g/mol. The third-order valence-electron chi connectivity index (χ3n) is 6.88. The monoisotopic (exact) mass is 419 g/mol. The second kappa shape index (κ2) is 8.60. The van der Waals surface area contributed by atoms with E-state index in [1.54, 1.807) is 6.33 Å². The minimum absolute atomic E-state index is 0.673. The van der Waals surface area contributed by atoms with Crippen LogP contribution in [-0.2, 0) is 5.60 Å². The van der Waals surface area contributed by atoms with Crippen LogP contribution < -0.4 is 4.90 Å². The summed E-state index contributed by atoms with van der Waals surface area (Å²) in [4.78, 5) is 17.3. The van der Waals surface area contributed by atoms with Gasteiger partial charge in [-0.05, 0) is 69.3 Å². The summed E-state index contributed by atoms with van der Waals surface area (Å²) in [6.45, 7) is 6.86. The Hall–Kier alpha value is -2.44. The number of piperidine rings is 2. The van der Waals surface area contributed by atoms with Gasteiger partial charge in [0.1, 0.15) is 17.8 Å². The Labute approximate surface area is 184 Å². The summed E-state index contributed by atoms with van der Waals surface area (Å²) in [5.41, 5.74) is 3.14. The molecule has 4 heterocycles. The Kier molecular flexibility index (Phi) is 5.67. The number of H-pyrrole nitrogens is 1. The van der Waals surface area contributed by atoms with Gasteiger partial charge in [0.25, 0.3) is 0 Å². The highest BCUT2D eigenvalue weighted by Gasteiger charge is 2.28. The van der Waals surface area contributed by atoms with E-state index in [2.05, 4.69) is 43.0 Å². The fourth-order valence-corrected chi connectivity index (χ4v) is 5.19. The molecule has 5 rings (SSSR count). The van der Waals surface area contributed by atoms with Crippen LogP contribution >= 0.6 is 0 Å². The molecule has 0 radical (unpaired) electrons. The van der Waals surface area contributed by atoms with E-state index < -0.39 is 5.60 Å². The van der Waals surface area contributed by atoms with E-state index in [0.29, 0.717) is 6.54 Å². The van der Waals surface area contributed by atoms with E-state index in [0.717, 1.165) is 59.7 Å². The SMILES string of the molecule is CC(O)(CN1CCCCC1)c1cccc(-c2c[nH]c3ncnc(N4CCCCC4)c23)c1. The quantitative estimate of drug-likeness (QED) is 0.645. The summed E-state index contributed by atoms with van der Waals surface area (Å²) in [5, 5.41) is 12.4. The fourth-order valence-electron chi connectivity index (χ4n) is 5.19. The predicted octanol–water partition coefficient (Wildman–Crippen LogP) is 4.31. The van der Waals surface area contributed by atoms with E-state index in [4.69, 9.17) is 0 Å². The molecule has 6 nitrogen and oxygen atoms in total. The number of aromatic amines is 1. The maximum absolute atomic E-state index is 11.3. The molecule has 0 amide bonds. The van der Waals surface area contributed by atoms with Gasteiger partial charge < -0.3 is 19.9 Å². The first kappa shape index (κ1) is 20.5. The molecular formula is C25H33N5O. The highest BCUT2D eigenvalue weighted by Crippen LogP contribution is 2.36. The number of anilines is 1. The molecule has 1 unspecified atom stereocenters. The van der Waals surface area contributed by atoms with Crippen LogP contribution in [0.25, 0.3) is 22.2 Å². The van der Waals surface area contributed by atoms with Gasteiger partial charge in [0.2, 0.25) is 0 Å². The summed E-state index contributed by atoms with van der Waals surface area (Å²) in [6, 6.07) is 8.36. The van der Waals surface area contributed by atoms with E-state index in [1.807, 2.05) is 19.2 Å². The zero-order valence-electron chi connectivity index (χ0n) is 18.5. The number of fused-ring (bicyclic) bond motifs is 1. The number of β-amino-alcohol motifs (C(OH)–C–C–N with tert-alkyl or cyclic N) is 1. The molecule has 3 aromatic rings. The molecule has 2 saturated heterocycles. The molecule has 0 aliphatic carbocycles. The topological polar surface area (TPSA) is 68.3 Å². The van der Waals surface area contributed by atoms with Gasteiger partial charge in [0.05, 0.1) is 11.0 Å². The first-order valence-corrected chi connectivity index (χ1v) is 11.7. The lowest BCUT2D eigenvalue weighted by atomic mass is 9.91. The van der Waals surface area contributed by atoms with Crippen LogP contribution in [0.3, 0.4) is 0 Å². The zero-order valence-corrected chi connectivity index (χ0v) is 18.5. The second-order valence-electron chi connectivity index (χ2n) is 9.36. The largest absolute Gasteiger partial charge is 0.384 e. The smallest absolute Gasteiger partial charge is 0.143 e. The van der Waals surface area contributed by atoms with Crippen molar-refractivity contribution in [2.45, 2.75) is 51.0 Å². The maximum Gasteiger partial charge on any atom is 0.143 e. The average molecular weight is 420 g/mol. The first-order valence-electron chi connectivity index (χ1n) is 11.7. The third-order valence-corrected chi connectivity index (χ3v) is 6.88. The van der Waals surface area contributed by atoms with E-state index in [-0.39, 0.29) is 0 Å². The van der Waals surface area contributed by atoms with Gasteiger partial charge in [0.15, 0.2) is 0 Å². The molecule has 2 aliphatic rings. The van der Waals surface area contributed by atoms with Gasteiger partial charge in [0, 0.05) is 31.4 Å². The number of benzene rings is 1. The molecule has 31 heavy (non-hydrogen) atoms. The van der Waals surface area contributed by atoms with Crippen molar-refractivity contribution < 1.29 is 5.11 Å². The molecule has 2 aliphatic heterocycles. The second-order valence-corrected chi connectivity index (χ2v) is 9.36. The van der Waals surface area contributed by atoms with Crippen LogP contribution in [0.5, 0.6) is 0 Å². The number of aliphatic hydroxyl groups is 1. The number of nitrogens with zero attached hydrogens (tertiary/aromatic N) is 4. The Bertz CT molecular complexity index is 1030. The summed E-state index contributed by atoms with van der Waals surface area (Å²) >= 11 is 0. The van der Waals surface area contributed by atoms with E-state index in [1.165, 1.54) is 38.5 Å². The number of nitrogens with one attached hydrogen (secondary N) is 1. The molecule has 2 aromatic heterocycles. The maximum atomic E-state index is 11.3. The predicted molar refractivity (Wildman–Crippen MR) is 125 cm³/mol. The molecule has 2 N–H and O–H groups in total. The standard InChI is InChI=1S/C25H33N5O/c1-25(31,17-29-11-4-2-5-12-29)20-10-8-9-19(15-20)21-16-26-23-22(21)24(28-18-27-23)30-13-6-3-7-14-30/h8-10,15-16,18,31H,2-7,11-14,17H2,1H3,(H,26,27,28). The minimum Gasteiger partial charge on any atom is -0.384 e. The van der Waals surface area contributed by atoms with Crippen molar-refractivity contribution in [2.75, 3.05) is 37.6 Å². The summed E-state index contributed by atoms with van der Waals surface area (Å²) in [5.74, 6) is 1.02. The van der Waals surface area contributed by atoms with Crippen molar-refractivity contribution in [3.05, 3.63) is 42.4 Å². The number of aromatic nitrogens is 3. The molecule has 2 fully saturated rings. The van der Waals surface area contributed by atoms with Crippen molar-refractivity contribution in [1.82, 2.24) is 19.9 Å². The van der Waals surface area contributed by atoms with Crippen LogP contribution in [0, 0.1) is 0 Å². The van der Waals surface area contributed by atoms with Gasteiger partial charge in [-0.2, -0.15) is 0 Å². The van der Waals surface area contributed by atoms with Gasteiger partial charge >= 0.3 is 0 Å². The molecule has 164 valence electrons. The summed E-state index contributed by atoms with van der Waals surface area (Å²) in [6.07, 6.45) is 11.2. The highest BCUT2D eigenvalue weighted by molar-refractivity contribution is 6.01. The van der Waals surface area contributed by atoms with Crippen molar-refractivity contribution >= 4 is 16.9 Å². The van der Waals surface area contributed by atoms with Gasteiger partial charge in [-0.15, -0.1) is 0 Å². The third kappa shape index (κ3) is 4.19. The molecule has 0 bridgehead atoms. The fraction of sp³-hybridized carbons (Fsp3) is 0.520. The Balaban J connectivity index is 1.49. The van der Waals surface area contributed by atoms with Gasteiger partial charge in [-0.3, -0.25) is 0 Å². The first-order chi connectivity index (χ1) is 15.1. The van der Waals surface area contributed by atoms with E-state index >= 15 is 0 Å². The molecule has 0 saturated carbocycles. The normalized spacial score (nSPS) is 20.1. The van der Waals surface area contributed by atoms with Crippen molar-refractivity contribution in [3.8, 4) is 11.1 Å². The van der Waals surface area contributed by atoms with Crippen molar-refractivity contribution in [3.63, 3.8) is 0 Å². The summed E-state index contributed by atoms with van der Waals surface area (Å²) < 4.78 is 0. The Morgan fingerprint density at radius 3 is 2.52 bits per heavy atom. The van der Waals surface area contributed by atoms with Gasteiger partial charge in [-0.25, -0.2) is 9.97 Å². The van der Waals surface area contributed by atoms with Gasteiger partial charge in [-0.1, -0.05) is 24.6 Å². The van der Waals surface area contributed by atoms with E-state index in [9.17, 15) is 5.11 Å². The molecule has 0 spiro atoms. The van der Waals surface area contributed by atoms with Crippen LogP contribution in [0.4, 0.5) is 5.82 Å². The lowest BCUT2D eigenvalue weighted by Crippen LogP contribution is -2.41. The Morgan fingerprint density at radius 1 is 1.00 bits per heavy atom. The average Bonchev–Trinajstić information content (AvgIpc) is 3.25. The van der Waals surface area contributed by atoms with Crippen LogP contribution in [-0.4, -0.2) is 57.7 Å². The van der Waals surface area contributed by atoms with Crippen LogP contribution in [0.2, 0.25) is 0 Å². The zero-order chi connectivity index (χ0) is 21.3. The lowest BCUT2D eigenvalue weighted by molar-refractivity contribution is 0.0106. The number of hydrogen-bond donors (Lipinski definition) is 2.